The smallest absolute Gasteiger partial charge is 0.175 e. The molecule has 3 rings (SSSR count). The summed E-state index contributed by atoms with van der Waals surface area (Å²) in [5.41, 5.74) is 5.95. The topological polar surface area (TPSA) is 37.7 Å². The summed E-state index contributed by atoms with van der Waals surface area (Å²) in [5, 5.41) is 7.28. The average molecular weight is 371 g/mol. The van der Waals surface area contributed by atoms with Gasteiger partial charge in [0, 0.05) is 16.9 Å². The number of quaternary nitrogens is 1. The summed E-state index contributed by atoms with van der Waals surface area (Å²) in [4.78, 5) is 1.58. The largest absolute Gasteiger partial charge is 0.370 e. The van der Waals surface area contributed by atoms with Gasteiger partial charge >= 0.3 is 0 Å². The van der Waals surface area contributed by atoms with E-state index < -0.39 is 0 Å². The van der Waals surface area contributed by atoms with Crippen molar-refractivity contribution in [3.8, 4) is 0 Å². The van der Waals surface area contributed by atoms with Gasteiger partial charge in [-0.1, -0.05) is 37.3 Å². The van der Waals surface area contributed by atoms with Crippen molar-refractivity contribution in [2.45, 2.75) is 26.8 Å². The van der Waals surface area contributed by atoms with Crippen LogP contribution in [-0.4, -0.2) is 31.4 Å². The van der Waals surface area contributed by atoms with E-state index in [1.807, 2.05) is 0 Å². The highest BCUT2D eigenvalue weighted by Crippen LogP contribution is 2.21. The third kappa shape index (κ3) is 5.04. The van der Waals surface area contributed by atoms with Crippen LogP contribution in [0.2, 0.25) is 0 Å². The first-order valence-corrected chi connectivity index (χ1v) is 9.73. The van der Waals surface area contributed by atoms with Crippen LogP contribution in [0, 0.1) is 6.92 Å². The van der Waals surface area contributed by atoms with Crippen molar-refractivity contribution in [2.75, 3.05) is 36.9 Å². The van der Waals surface area contributed by atoms with Crippen molar-refractivity contribution in [2.24, 2.45) is 0 Å². The quantitative estimate of drug-likeness (QED) is 0.708. The fourth-order valence-electron chi connectivity index (χ4n) is 3.31. The Balaban J connectivity index is 1.58. The summed E-state index contributed by atoms with van der Waals surface area (Å²) in [6.45, 7) is 9.23. The van der Waals surface area contributed by atoms with Gasteiger partial charge in [-0.05, 0) is 48.8 Å². The number of hydrogen-bond acceptors (Lipinski definition) is 2. The van der Waals surface area contributed by atoms with Gasteiger partial charge in [-0.15, -0.1) is 0 Å². The van der Waals surface area contributed by atoms with Crippen LogP contribution in [0.1, 0.15) is 23.6 Å². The number of aryl methyl sites for hydroxylation is 2. The number of hydrogen-bond donors (Lipinski definition) is 3. The van der Waals surface area contributed by atoms with Crippen LogP contribution in [-0.2, 0) is 17.7 Å². The van der Waals surface area contributed by atoms with Gasteiger partial charge in [0.2, 0.25) is 0 Å². The maximum atomic E-state index is 5.51. The molecule has 5 heteroatoms. The predicted molar refractivity (Wildman–Crippen MR) is 112 cm³/mol. The van der Waals surface area contributed by atoms with Gasteiger partial charge < -0.3 is 20.3 Å². The zero-order valence-corrected chi connectivity index (χ0v) is 16.4. The number of nitrogens with one attached hydrogen (secondary N) is 3. The van der Waals surface area contributed by atoms with Crippen LogP contribution in [0.25, 0.3) is 0 Å². The van der Waals surface area contributed by atoms with Gasteiger partial charge in [0.05, 0.1) is 13.2 Å². The standard InChI is InChI=1S/C21H27N3OS/c1-3-18-6-4-5-16(2)20(18)23-21(26)22-19-9-7-17(8-10-19)15-24-11-13-25-14-12-24/h4-10H,3,11-15H2,1-2H3,(H2,22,23,26)/p+1. The van der Waals surface area contributed by atoms with E-state index in [1.165, 1.54) is 16.7 Å². The van der Waals surface area contributed by atoms with Crippen molar-refractivity contribution >= 4 is 28.7 Å². The molecule has 2 aromatic rings. The zero-order valence-electron chi connectivity index (χ0n) is 15.6. The summed E-state index contributed by atoms with van der Waals surface area (Å²) < 4.78 is 5.42. The van der Waals surface area contributed by atoms with Crippen LogP contribution < -0.4 is 15.5 Å². The molecule has 1 saturated heterocycles. The Hall–Kier alpha value is -1.95. The number of para-hydroxylation sites is 1. The first-order chi connectivity index (χ1) is 12.7. The van der Waals surface area contributed by atoms with Gasteiger partial charge in [0.15, 0.2) is 5.11 Å². The number of thiocarbonyl (C=S) groups is 1. The Labute approximate surface area is 161 Å². The molecule has 1 aliphatic rings. The molecule has 4 nitrogen and oxygen atoms in total. The van der Waals surface area contributed by atoms with E-state index >= 15 is 0 Å². The highest BCUT2D eigenvalue weighted by Gasteiger charge is 2.14. The molecule has 0 atom stereocenters. The number of morpholine rings is 1. The number of ether oxygens (including phenoxy) is 1. The van der Waals surface area contributed by atoms with E-state index in [4.69, 9.17) is 17.0 Å². The third-order valence-corrected chi connectivity index (χ3v) is 5.05. The molecule has 0 spiro atoms. The van der Waals surface area contributed by atoms with E-state index in [1.54, 1.807) is 4.90 Å². The van der Waals surface area contributed by atoms with Gasteiger partial charge in [-0.2, -0.15) is 0 Å². The van der Waals surface area contributed by atoms with Gasteiger partial charge in [-0.25, -0.2) is 0 Å². The minimum Gasteiger partial charge on any atom is -0.370 e. The molecule has 1 fully saturated rings. The Kier molecular flexibility index (Phi) is 6.61. The molecule has 0 bridgehead atoms. The maximum Gasteiger partial charge on any atom is 0.175 e. The molecule has 3 N–H and O–H groups in total. The summed E-state index contributed by atoms with van der Waals surface area (Å²) in [5.74, 6) is 0. The molecule has 138 valence electrons. The molecule has 0 radical (unpaired) electrons. The van der Waals surface area contributed by atoms with Gasteiger partial charge in [-0.3, -0.25) is 0 Å². The van der Waals surface area contributed by atoms with Crippen LogP contribution >= 0.6 is 12.2 Å². The monoisotopic (exact) mass is 370 g/mol. The van der Waals surface area contributed by atoms with Crippen molar-refractivity contribution < 1.29 is 9.64 Å². The normalized spacial score (nSPS) is 14.8. The lowest BCUT2D eigenvalue weighted by molar-refractivity contribution is -0.921. The molecule has 1 heterocycles. The molecule has 1 aliphatic heterocycles. The SMILES string of the molecule is CCc1cccc(C)c1NC(=S)Nc1ccc(C[NH+]2CCOCC2)cc1. The van der Waals surface area contributed by atoms with Crippen LogP contribution in [0.3, 0.4) is 0 Å². The second-order valence-electron chi connectivity index (χ2n) is 6.78. The predicted octanol–water partition coefficient (Wildman–Crippen LogP) is 2.78. The molecule has 0 unspecified atom stereocenters. The molecule has 2 aromatic carbocycles. The lowest BCUT2D eigenvalue weighted by Gasteiger charge is -2.23. The van der Waals surface area contributed by atoms with Crippen molar-refractivity contribution in [1.29, 1.82) is 0 Å². The van der Waals surface area contributed by atoms with E-state index in [2.05, 4.69) is 66.9 Å². The van der Waals surface area contributed by atoms with Crippen molar-refractivity contribution in [1.82, 2.24) is 0 Å². The molecule has 0 amide bonds. The Morgan fingerprint density at radius 3 is 2.50 bits per heavy atom. The molecular weight excluding hydrogens is 342 g/mol. The van der Waals surface area contributed by atoms with Crippen LogP contribution in [0.4, 0.5) is 11.4 Å². The van der Waals surface area contributed by atoms with Crippen LogP contribution in [0.5, 0.6) is 0 Å². The fourth-order valence-corrected chi connectivity index (χ4v) is 3.53. The molecular formula is C21H28N3OS+. The van der Waals surface area contributed by atoms with E-state index in [-0.39, 0.29) is 0 Å². The van der Waals surface area contributed by atoms with Gasteiger partial charge in [0.1, 0.15) is 19.6 Å². The molecule has 0 aliphatic carbocycles. The third-order valence-electron chi connectivity index (χ3n) is 4.84. The van der Waals surface area contributed by atoms with E-state index in [0.29, 0.717) is 5.11 Å². The lowest BCUT2D eigenvalue weighted by atomic mass is 10.1. The number of benzene rings is 2. The maximum absolute atomic E-state index is 5.51. The van der Waals surface area contributed by atoms with E-state index in [0.717, 1.165) is 50.6 Å². The number of anilines is 2. The summed E-state index contributed by atoms with van der Waals surface area (Å²) >= 11 is 5.51. The molecule has 0 aromatic heterocycles. The van der Waals surface area contributed by atoms with Gasteiger partial charge in [0.25, 0.3) is 0 Å². The first-order valence-electron chi connectivity index (χ1n) is 9.32. The Morgan fingerprint density at radius 2 is 1.81 bits per heavy atom. The Morgan fingerprint density at radius 1 is 1.08 bits per heavy atom. The minimum atomic E-state index is 0.626. The molecule has 26 heavy (non-hydrogen) atoms. The second-order valence-corrected chi connectivity index (χ2v) is 7.19. The molecule has 0 saturated carbocycles. The fraction of sp³-hybridized carbons (Fsp3) is 0.381. The van der Waals surface area contributed by atoms with Crippen molar-refractivity contribution in [3.05, 3.63) is 59.2 Å². The summed E-state index contributed by atoms with van der Waals surface area (Å²) in [6.07, 6.45) is 0.977. The Bertz CT molecular complexity index is 739. The average Bonchev–Trinajstić information content (AvgIpc) is 2.66. The van der Waals surface area contributed by atoms with Crippen molar-refractivity contribution in [3.63, 3.8) is 0 Å². The highest BCUT2D eigenvalue weighted by molar-refractivity contribution is 7.80. The highest BCUT2D eigenvalue weighted by atomic mass is 32.1. The lowest BCUT2D eigenvalue weighted by Crippen LogP contribution is -3.12. The zero-order chi connectivity index (χ0) is 18.4. The summed E-state index contributed by atoms with van der Waals surface area (Å²) in [6, 6.07) is 14.9. The van der Waals surface area contributed by atoms with E-state index in [9.17, 15) is 0 Å². The van der Waals surface area contributed by atoms with Crippen LogP contribution in [0.15, 0.2) is 42.5 Å². The summed E-state index contributed by atoms with van der Waals surface area (Å²) in [7, 11) is 0. The first kappa shape index (κ1) is 18.8. The minimum absolute atomic E-state index is 0.626. The second kappa shape index (κ2) is 9.12. The number of rotatable bonds is 5.